The van der Waals surface area contributed by atoms with Gasteiger partial charge in [0.25, 0.3) is 0 Å². The molecule has 1 aliphatic carbocycles. The minimum absolute atomic E-state index is 0.407. The summed E-state index contributed by atoms with van der Waals surface area (Å²) in [5.74, 6) is 1.14. The van der Waals surface area contributed by atoms with Crippen LogP contribution in [-0.4, -0.2) is 8.80 Å². The highest BCUT2D eigenvalue weighted by Crippen LogP contribution is 2.44. The largest absolute Gasteiger partial charge is 0.205 e. The number of halogens is 3. The van der Waals surface area contributed by atoms with Gasteiger partial charge in [-0.15, -0.1) is 0 Å². The van der Waals surface area contributed by atoms with Crippen LogP contribution in [0, 0.1) is 23.5 Å². The normalized spacial score (nSPS) is 26.2. The van der Waals surface area contributed by atoms with Crippen LogP contribution >= 0.6 is 11.6 Å². The van der Waals surface area contributed by atoms with Gasteiger partial charge in [-0.25, -0.2) is 8.78 Å². The third kappa shape index (κ3) is 5.83. The lowest BCUT2D eigenvalue weighted by Crippen LogP contribution is -2.28. The van der Waals surface area contributed by atoms with Crippen LogP contribution in [-0.2, 0) is 0 Å². The second-order valence-electron chi connectivity index (χ2n) is 10.3. The summed E-state index contributed by atoms with van der Waals surface area (Å²) >= 11 is 5.62. The first-order valence-corrected chi connectivity index (χ1v) is 15.6. The molecule has 0 radical (unpaired) electrons. The van der Waals surface area contributed by atoms with Crippen LogP contribution in [0.5, 0.6) is 0 Å². The first kappa shape index (κ1) is 23.9. The van der Waals surface area contributed by atoms with Crippen molar-refractivity contribution in [1.29, 1.82) is 0 Å². The van der Waals surface area contributed by atoms with E-state index >= 15 is 0 Å². The molecule has 0 amide bonds. The molecule has 1 saturated carbocycles. The van der Waals surface area contributed by atoms with Crippen LogP contribution in [0.4, 0.5) is 8.78 Å². The highest BCUT2D eigenvalue weighted by Gasteiger charge is 2.31. The maximum Gasteiger partial charge on any atom is 0.145 e. The first-order valence-electron chi connectivity index (χ1n) is 12.8. The third-order valence-corrected chi connectivity index (χ3v) is 12.1. The fourth-order valence-electron chi connectivity index (χ4n) is 6.23. The Morgan fingerprint density at radius 1 is 0.812 bits per heavy atom. The van der Waals surface area contributed by atoms with E-state index in [0.717, 1.165) is 17.4 Å². The molecule has 2 aromatic rings. The monoisotopic (exact) mass is 474 g/mol. The molecule has 4 heteroatoms. The van der Waals surface area contributed by atoms with Crippen molar-refractivity contribution in [2.45, 2.75) is 88.8 Å². The van der Waals surface area contributed by atoms with Crippen molar-refractivity contribution < 1.29 is 8.78 Å². The summed E-state index contributed by atoms with van der Waals surface area (Å²) in [4.78, 5) is 0. The molecular weight excluding hydrogens is 438 g/mol. The van der Waals surface area contributed by atoms with E-state index in [4.69, 9.17) is 11.6 Å². The Morgan fingerprint density at radius 2 is 1.41 bits per heavy atom. The summed E-state index contributed by atoms with van der Waals surface area (Å²) in [7, 11) is -0.407. The summed E-state index contributed by atoms with van der Waals surface area (Å²) in [6, 6.07) is 15.7. The lowest BCUT2D eigenvalue weighted by molar-refractivity contribution is 0.216. The van der Waals surface area contributed by atoms with Crippen molar-refractivity contribution in [2.24, 2.45) is 11.8 Å². The van der Waals surface area contributed by atoms with Crippen LogP contribution in [0.3, 0.4) is 0 Å². The molecule has 0 spiro atoms. The van der Waals surface area contributed by atoms with Crippen molar-refractivity contribution in [3.8, 4) is 11.1 Å². The van der Waals surface area contributed by atoms with Crippen LogP contribution < -0.4 is 0 Å². The Hall–Kier alpha value is -1.19. The topological polar surface area (TPSA) is 0 Å². The summed E-state index contributed by atoms with van der Waals surface area (Å²) in [5, 5.41) is -0.436. The van der Waals surface area contributed by atoms with E-state index < -0.39 is 25.5 Å². The van der Waals surface area contributed by atoms with Crippen molar-refractivity contribution in [2.75, 3.05) is 0 Å². The van der Waals surface area contributed by atoms with Gasteiger partial charge in [0.2, 0.25) is 0 Å². The second kappa shape index (κ2) is 11.3. The Kier molecular flexibility index (Phi) is 8.45. The van der Waals surface area contributed by atoms with E-state index in [1.165, 1.54) is 75.5 Å². The molecule has 2 aromatic carbocycles. The molecule has 4 rings (SSSR count). The molecule has 0 atom stereocenters. The molecule has 0 N–H and O–H groups in total. The quantitative estimate of drug-likeness (QED) is 0.213. The molecule has 0 unspecified atom stereocenters. The van der Waals surface area contributed by atoms with Gasteiger partial charge < -0.3 is 0 Å². The van der Waals surface area contributed by atoms with E-state index in [-0.39, 0.29) is 0 Å². The lowest BCUT2D eigenvalue weighted by Gasteiger charge is -2.37. The van der Waals surface area contributed by atoms with E-state index in [1.807, 2.05) is 12.1 Å². The van der Waals surface area contributed by atoms with Gasteiger partial charge in [-0.3, -0.25) is 0 Å². The van der Waals surface area contributed by atoms with Gasteiger partial charge in [0.05, 0.1) is 0 Å². The van der Waals surface area contributed by atoms with Crippen molar-refractivity contribution >= 4 is 20.4 Å². The average molecular weight is 475 g/mol. The zero-order valence-electron chi connectivity index (χ0n) is 19.4. The lowest BCUT2D eigenvalue weighted by atomic mass is 9.72. The molecule has 0 nitrogen and oxygen atoms in total. The van der Waals surface area contributed by atoms with Crippen LogP contribution in [0.1, 0.15) is 76.2 Å². The predicted octanol–water partition coefficient (Wildman–Crippen LogP) is 9.39. The third-order valence-electron chi connectivity index (χ3n) is 8.25. The van der Waals surface area contributed by atoms with E-state index in [0.29, 0.717) is 11.5 Å². The first-order chi connectivity index (χ1) is 15.5. The van der Waals surface area contributed by atoms with Gasteiger partial charge in [0.1, 0.15) is 16.7 Å². The zero-order chi connectivity index (χ0) is 22.5. The number of unbranched alkanes of at least 4 members (excludes halogenated alkanes) is 2. The molecule has 2 fully saturated rings. The Bertz CT molecular complexity index is 842. The molecule has 1 saturated heterocycles. The smallest absolute Gasteiger partial charge is 0.145 e. The van der Waals surface area contributed by atoms with E-state index in [2.05, 4.69) is 19.1 Å². The Balaban J connectivity index is 1.28. The highest BCUT2D eigenvalue weighted by atomic mass is 35.5. The Morgan fingerprint density at radius 3 is 2.00 bits per heavy atom. The van der Waals surface area contributed by atoms with Gasteiger partial charge >= 0.3 is 0 Å². The van der Waals surface area contributed by atoms with Crippen LogP contribution in [0.15, 0.2) is 36.4 Å². The highest BCUT2D eigenvalue weighted by molar-refractivity contribution is 6.58. The van der Waals surface area contributed by atoms with Crippen LogP contribution in [0.25, 0.3) is 11.1 Å². The number of rotatable bonds is 7. The van der Waals surface area contributed by atoms with Crippen molar-refractivity contribution in [3.05, 3.63) is 58.6 Å². The minimum atomic E-state index is -0.707. The van der Waals surface area contributed by atoms with E-state index in [9.17, 15) is 8.78 Å². The molecule has 0 aromatic heterocycles. The standard InChI is InChI=1S/C28H37ClF2Si/c1-2-3-4-15-32-16-13-24(14-17-32)22-7-5-20(6-8-22)21-9-11-23(12-10-21)25-18-26(30)28(29)27(31)19-25/h9-12,18-20,22,24,32H,2-8,13-17H2,1H3/t20-,22-,24?,32?. The van der Waals surface area contributed by atoms with Gasteiger partial charge in [0, 0.05) is 8.80 Å². The number of hydrogen-bond donors (Lipinski definition) is 0. The number of benzene rings is 2. The predicted molar refractivity (Wildman–Crippen MR) is 135 cm³/mol. The number of hydrogen-bond acceptors (Lipinski definition) is 0. The molecule has 1 heterocycles. The molecule has 174 valence electrons. The van der Waals surface area contributed by atoms with Crippen molar-refractivity contribution in [1.82, 2.24) is 0 Å². The van der Waals surface area contributed by atoms with Gasteiger partial charge in [0.15, 0.2) is 0 Å². The van der Waals surface area contributed by atoms with Gasteiger partial charge in [-0.05, 0) is 72.3 Å². The van der Waals surface area contributed by atoms with Gasteiger partial charge in [-0.1, -0.05) is 93.0 Å². The molecule has 1 aliphatic heterocycles. The second-order valence-corrected chi connectivity index (χ2v) is 14.1. The maximum atomic E-state index is 13.8. The molecule has 0 bridgehead atoms. The van der Waals surface area contributed by atoms with Gasteiger partial charge in [-0.2, -0.15) is 0 Å². The fraction of sp³-hybridized carbons (Fsp3) is 0.571. The SMILES string of the molecule is CCCCC[SiH]1CCC([C@H]2CC[C@H](c3ccc(-c4cc(F)c(Cl)c(F)c4)cc3)CC2)CC1. The maximum absolute atomic E-state index is 13.8. The summed E-state index contributed by atoms with van der Waals surface area (Å²) in [5.41, 5.74) is 2.74. The average Bonchev–Trinajstić information content (AvgIpc) is 2.83. The molecule has 2 aliphatic rings. The minimum Gasteiger partial charge on any atom is -0.205 e. The van der Waals surface area contributed by atoms with E-state index in [1.54, 1.807) is 18.1 Å². The van der Waals surface area contributed by atoms with Crippen molar-refractivity contribution in [3.63, 3.8) is 0 Å². The summed E-state index contributed by atoms with van der Waals surface area (Å²) < 4.78 is 27.6. The molecule has 32 heavy (non-hydrogen) atoms. The Labute approximate surface area is 199 Å². The van der Waals surface area contributed by atoms with Crippen LogP contribution in [0.2, 0.25) is 23.2 Å². The summed E-state index contributed by atoms with van der Waals surface area (Å²) in [6.07, 6.45) is 12.6. The fourth-order valence-corrected chi connectivity index (χ4v) is 9.87. The zero-order valence-corrected chi connectivity index (χ0v) is 21.3. The summed E-state index contributed by atoms with van der Waals surface area (Å²) in [6.45, 7) is 2.31. The molecular formula is C28H37ClF2Si.